The number of likely N-dealkylation sites (N-methyl/N-ethyl adjacent to an activating group) is 1. The lowest BCUT2D eigenvalue weighted by Gasteiger charge is -2.33. The average Bonchev–Trinajstić information content (AvgIpc) is 3.20. The number of amides is 2. The Morgan fingerprint density at radius 2 is 2.06 bits per heavy atom. The fraction of sp³-hybridized carbons (Fsp3) is 0.522. The summed E-state index contributed by atoms with van der Waals surface area (Å²) >= 11 is 1.68. The van der Waals surface area contributed by atoms with Crippen molar-refractivity contribution in [2.24, 2.45) is 16.5 Å². The van der Waals surface area contributed by atoms with Gasteiger partial charge in [-0.2, -0.15) is 11.8 Å². The minimum atomic E-state index is -0.733. The lowest BCUT2D eigenvalue weighted by atomic mass is 10.0. The zero-order chi connectivity index (χ0) is 23.5. The smallest absolute Gasteiger partial charge is 0.246 e. The third-order valence-electron chi connectivity index (χ3n) is 5.69. The lowest BCUT2D eigenvalue weighted by Crippen LogP contribution is -2.54. The van der Waals surface area contributed by atoms with Gasteiger partial charge in [0.15, 0.2) is 5.96 Å². The predicted molar refractivity (Wildman–Crippen MR) is 132 cm³/mol. The number of aliphatic imine (C=N–C) groups is 1. The van der Waals surface area contributed by atoms with Gasteiger partial charge in [0.25, 0.3) is 0 Å². The number of rotatable bonds is 13. The fourth-order valence-electron chi connectivity index (χ4n) is 4.06. The predicted octanol–water partition coefficient (Wildman–Crippen LogP) is 1.18. The molecule has 9 heteroatoms. The zero-order valence-corrected chi connectivity index (χ0v) is 19.9. The number of nitrogens with one attached hydrogen (secondary N) is 2. The average molecular weight is 461 g/mol. The molecule has 0 heterocycles. The molecule has 0 radical (unpaired) electrons. The van der Waals surface area contributed by atoms with Crippen molar-refractivity contribution in [2.45, 2.75) is 43.8 Å². The maximum atomic E-state index is 13.7. The highest BCUT2D eigenvalue weighted by molar-refractivity contribution is 7.98. The molecule has 2 rings (SSSR count). The summed E-state index contributed by atoms with van der Waals surface area (Å²) in [7, 11) is 1.75. The topological polar surface area (TPSA) is 126 Å². The van der Waals surface area contributed by atoms with Crippen LogP contribution in [-0.2, 0) is 16.0 Å². The Kier molecular flexibility index (Phi) is 10.6. The fourth-order valence-corrected chi connectivity index (χ4v) is 4.53. The molecule has 0 saturated heterocycles. The number of carbonyl (C=O) groups is 2. The van der Waals surface area contributed by atoms with Crippen LogP contribution in [0.5, 0.6) is 0 Å². The van der Waals surface area contributed by atoms with Gasteiger partial charge < -0.3 is 27.0 Å². The van der Waals surface area contributed by atoms with Crippen molar-refractivity contribution in [1.82, 2.24) is 15.5 Å². The molecule has 1 aliphatic carbocycles. The Labute approximate surface area is 195 Å². The van der Waals surface area contributed by atoms with Crippen LogP contribution >= 0.6 is 11.8 Å². The van der Waals surface area contributed by atoms with E-state index < -0.39 is 6.04 Å². The first kappa shape index (κ1) is 25.7. The molecule has 0 aromatic heterocycles. The van der Waals surface area contributed by atoms with Gasteiger partial charge in [0, 0.05) is 13.1 Å². The summed E-state index contributed by atoms with van der Waals surface area (Å²) in [5, 5.41) is 5.99. The number of benzene rings is 1. The summed E-state index contributed by atoms with van der Waals surface area (Å²) in [6.07, 6.45) is 6.47. The molecular formula is C23H36N6O2S. The Morgan fingerprint density at radius 3 is 2.72 bits per heavy atom. The second-order valence-electron chi connectivity index (χ2n) is 7.81. The largest absolute Gasteiger partial charge is 0.370 e. The van der Waals surface area contributed by atoms with E-state index in [0.717, 1.165) is 24.2 Å². The van der Waals surface area contributed by atoms with Crippen LogP contribution in [0.4, 0.5) is 0 Å². The molecule has 2 amide bonds. The first-order valence-electron chi connectivity index (χ1n) is 10.9. The van der Waals surface area contributed by atoms with Gasteiger partial charge in [0.05, 0.1) is 12.1 Å². The third kappa shape index (κ3) is 7.00. The third-order valence-corrected chi connectivity index (χ3v) is 6.33. The Morgan fingerprint density at radius 1 is 1.31 bits per heavy atom. The highest BCUT2D eigenvalue weighted by atomic mass is 32.2. The summed E-state index contributed by atoms with van der Waals surface area (Å²) in [6, 6.07) is 7.04. The molecule has 8 nitrogen and oxygen atoms in total. The molecule has 3 atom stereocenters. The van der Waals surface area contributed by atoms with E-state index in [2.05, 4.69) is 34.3 Å². The van der Waals surface area contributed by atoms with E-state index in [1.165, 1.54) is 5.56 Å². The van der Waals surface area contributed by atoms with E-state index in [1.807, 2.05) is 23.3 Å². The number of nitrogens with zero attached hydrogens (tertiary/aromatic N) is 2. The van der Waals surface area contributed by atoms with Crippen LogP contribution in [0.1, 0.15) is 36.4 Å². The molecule has 0 aliphatic heterocycles. The van der Waals surface area contributed by atoms with E-state index in [-0.39, 0.29) is 36.4 Å². The van der Waals surface area contributed by atoms with Gasteiger partial charge >= 0.3 is 0 Å². The van der Waals surface area contributed by atoms with E-state index in [1.54, 1.807) is 24.9 Å². The highest BCUT2D eigenvalue weighted by Crippen LogP contribution is 2.36. The molecule has 0 saturated carbocycles. The number of fused-ring (bicyclic) bond motifs is 1. The molecule has 1 aliphatic rings. The number of aryl methyl sites for hydroxylation is 1. The summed E-state index contributed by atoms with van der Waals surface area (Å²) in [5.74, 6) is 0.455. The van der Waals surface area contributed by atoms with E-state index in [0.29, 0.717) is 19.4 Å². The second-order valence-corrected chi connectivity index (χ2v) is 8.80. The van der Waals surface area contributed by atoms with Crippen molar-refractivity contribution in [3.05, 3.63) is 48.0 Å². The van der Waals surface area contributed by atoms with E-state index in [9.17, 15) is 9.59 Å². The van der Waals surface area contributed by atoms with Crippen LogP contribution in [0, 0.1) is 0 Å². The first-order valence-corrected chi connectivity index (χ1v) is 12.3. The number of nitrogens with two attached hydrogens (primary N) is 2. The summed E-state index contributed by atoms with van der Waals surface area (Å²) in [5.41, 5.74) is 13.3. The maximum absolute atomic E-state index is 13.7. The standard InChI is InChI=1S/C23H36N6O2S/c1-4-14-29(20-10-9-16-7-5-6-8-17(16)20)22(31)19(11-13-27-23(24)25)28-21(30)18(26-2)12-15-32-3/h4-8,18-20,26H,1,9-15H2,2-3H3,(H,28,30)(H4,24,25,27). The molecule has 0 spiro atoms. The normalized spacial score (nSPS) is 16.5. The molecule has 32 heavy (non-hydrogen) atoms. The van der Waals surface area contributed by atoms with E-state index in [4.69, 9.17) is 11.5 Å². The number of hydrogen-bond donors (Lipinski definition) is 4. The molecule has 0 fully saturated rings. The van der Waals surface area contributed by atoms with Crippen LogP contribution in [0.25, 0.3) is 0 Å². The second kappa shape index (κ2) is 13.1. The van der Waals surface area contributed by atoms with Crippen molar-refractivity contribution >= 4 is 29.5 Å². The van der Waals surface area contributed by atoms with Gasteiger partial charge in [0.1, 0.15) is 6.04 Å². The van der Waals surface area contributed by atoms with Crippen molar-refractivity contribution in [3.8, 4) is 0 Å². The van der Waals surface area contributed by atoms with Crippen molar-refractivity contribution in [2.75, 3.05) is 32.1 Å². The van der Waals surface area contributed by atoms with Gasteiger partial charge in [-0.25, -0.2) is 0 Å². The summed E-state index contributed by atoms with van der Waals surface area (Å²) in [6.45, 7) is 4.49. The van der Waals surface area contributed by atoms with Gasteiger partial charge in [-0.3, -0.25) is 14.6 Å². The maximum Gasteiger partial charge on any atom is 0.246 e. The van der Waals surface area contributed by atoms with E-state index >= 15 is 0 Å². The minimum Gasteiger partial charge on any atom is -0.370 e. The molecule has 1 aromatic carbocycles. The molecular weight excluding hydrogens is 424 g/mol. The molecule has 176 valence electrons. The van der Waals surface area contributed by atoms with Crippen molar-refractivity contribution in [3.63, 3.8) is 0 Å². The molecule has 1 aromatic rings. The Bertz CT molecular complexity index is 811. The number of guanidine groups is 1. The molecule has 3 unspecified atom stereocenters. The lowest BCUT2D eigenvalue weighted by molar-refractivity contribution is -0.138. The van der Waals surface area contributed by atoms with Crippen LogP contribution in [0.15, 0.2) is 41.9 Å². The van der Waals surface area contributed by atoms with Gasteiger partial charge in [0.2, 0.25) is 11.8 Å². The van der Waals surface area contributed by atoms with Crippen molar-refractivity contribution < 1.29 is 9.59 Å². The van der Waals surface area contributed by atoms with Gasteiger partial charge in [-0.05, 0) is 55.9 Å². The van der Waals surface area contributed by atoms with Gasteiger partial charge in [-0.15, -0.1) is 6.58 Å². The Hall–Kier alpha value is -2.52. The molecule has 6 N–H and O–H groups in total. The van der Waals surface area contributed by atoms with Crippen molar-refractivity contribution in [1.29, 1.82) is 0 Å². The zero-order valence-electron chi connectivity index (χ0n) is 19.0. The monoisotopic (exact) mass is 460 g/mol. The Balaban J connectivity index is 2.24. The highest BCUT2D eigenvalue weighted by Gasteiger charge is 2.34. The number of hydrogen-bond acceptors (Lipinski definition) is 5. The van der Waals surface area contributed by atoms with Gasteiger partial charge in [-0.1, -0.05) is 30.3 Å². The SMILES string of the molecule is C=CCN(C(=O)C(CCN=C(N)N)NC(=O)C(CCSC)NC)C1CCc2ccccc21. The molecule has 0 bridgehead atoms. The minimum absolute atomic E-state index is 0.0386. The number of thioether (sulfide) groups is 1. The van der Waals surface area contributed by atoms with Crippen LogP contribution in [0.3, 0.4) is 0 Å². The van der Waals surface area contributed by atoms with Crippen LogP contribution < -0.4 is 22.1 Å². The van der Waals surface area contributed by atoms with Crippen LogP contribution in [-0.4, -0.2) is 66.9 Å². The summed E-state index contributed by atoms with van der Waals surface area (Å²) in [4.78, 5) is 32.5. The quantitative estimate of drug-likeness (QED) is 0.199. The number of carbonyl (C=O) groups excluding carboxylic acids is 2. The van der Waals surface area contributed by atoms with Crippen LogP contribution in [0.2, 0.25) is 0 Å². The first-order chi connectivity index (χ1) is 15.4. The summed E-state index contributed by atoms with van der Waals surface area (Å²) < 4.78 is 0.